The van der Waals surface area contributed by atoms with Gasteiger partial charge in [0.15, 0.2) is 0 Å². The summed E-state index contributed by atoms with van der Waals surface area (Å²) >= 11 is 0. The van der Waals surface area contributed by atoms with Gasteiger partial charge in [0.2, 0.25) is 5.91 Å². The Balaban J connectivity index is 1.99. The molecule has 3 amide bonds. The molecule has 0 fully saturated rings. The summed E-state index contributed by atoms with van der Waals surface area (Å²) in [5.41, 5.74) is 2.41. The van der Waals surface area contributed by atoms with E-state index < -0.39 is 12.1 Å². The van der Waals surface area contributed by atoms with Crippen molar-refractivity contribution in [3.05, 3.63) is 54.6 Å². The highest BCUT2D eigenvalue weighted by Crippen LogP contribution is 2.16. The van der Waals surface area contributed by atoms with E-state index in [4.69, 9.17) is 0 Å². The van der Waals surface area contributed by atoms with Crippen LogP contribution in [0.2, 0.25) is 0 Å². The van der Waals surface area contributed by atoms with Gasteiger partial charge >= 0.3 is 6.03 Å². The van der Waals surface area contributed by atoms with Gasteiger partial charge in [-0.25, -0.2) is 4.79 Å². The third kappa shape index (κ3) is 5.51. The standard InChI is InChI=1S/C20H26N4O2/c1-14(2)18(23-20(26)22-15-8-6-5-7-9-15)19(25)21-16-10-12-17(13-11-16)24(3)4/h5-14,18H,1-4H3,(H,21,25)(H2,22,23,26). The van der Waals surface area contributed by atoms with Crippen LogP contribution in [0.15, 0.2) is 54.6 Å². The molecule has 6 nitrogen and oxygen atoms in total. The van der Waals surface area contributed by atoms with Crippen molar-refractivity contribution >= 4 is 29.0 Å². The minimum atomic E-state index is -0.646. The van der Waals surface area contributed by atoms with Crippen molar-refractivity contribution in [2.75, 3.05) is 29.6 Å². The van der Waals surface area contributed by atoms with Gasteiger partial charge in [0.25, 0.3) is 0 Å². The van der Waals surface area contributed by atoms with Crippen LogP contribution in [-0.2, 0) is 4.79 Å². The number of amides is 3. The van der Waals surface area contributed by atoms with E-state index >= 15 is 0 Å². The molecule has 0 saturated heterocycles. The Labute approximate surface area is 154 Å². The summed E-state index contributed by atoms with van der Waals surface area (Å²) in [4.78, 5) is 26.8. The Morgan fingerprint density at radius 1 is 0.846 bits per heavy atom. The van der Waals surface area contributed by atoms with Crippen molar-refractivity contribution in [3.8, 4) is 0 Å². The van der Waals surface area contributed by atoms with E-state index in [1.165, 1.54) is 0 Å². The molecule has 0 radical (unpaired) electrons. The molecule has 6 heteroatoms. The maximum atomic E-state index is 12.6. The average molecular weight is 354 g/mol. The van der Waals surface area contributed by atoms with Gasteiger partial charge in [0, 0.05) is 31.2 Å². The number of hydrogen-bond acceptors (Lipinski definition) is 3. The summed E-state index contributed by atoms with van der Waals surface area (Å²) in [5, 5.41) is 8.33. The fourth-order valence-corrected chi connectivity index (χ4v) is 2.43. The zero-order chi connectivity index (χ0) is 19.1. The van der Waals surface area contributed by atoms with Gasteiger partial charge < -0.3 is 20.9 Å². The first-order chi connectivity index (χ1) is 12.4. The molecule has 0 bridgehead atoms. The lowest BCUT2D eigenvalue weighted by Crippen LogP contribution is -2.48. The maximum absolute atomic E-state index is 12.6. The Bertz CT molecular complexity index is 727. The molecule has 1 atom stereocenters. The number of para-hydroxylation sites is 1. The van der Waals surface area contributed by atoms with Crippen LogP contribution in [0.3, 0.4) is 0 Å². The molecule has 0 aromatic heterocycles. The Kier molecular flexibility index (Phi) is 6.60. The molecule has 138 valence electrons. The summed E-state index contributed by atoms with van der Waals surface area (Å²) in [5.74, 6) is -0.307. The van der Waals surface area contributed by atoms with E-state index in [1.807, 2.05) is 75.3 Å². The van der Waals surface area contributed by atoms with E-state index in [1.54, 1.807) is 12.1 Å². The third-order valence-corrected chi connectivity index (χ3v) is 3.92. The fourth-order valence-electron chi connectivity index (χ4n) is 2.43. The summed E-state index contributed by atoms with van der Waals surface area (Å²) in [6, 6.07) is 15.6. The quantitative estimate of drug-likeness (QED) is 0.743. The van der Waals surface area contributed by atoms with Crippen LogP contribution in [-0.4, -0.2) is 32.1 Å². The number of hydrogen-bond donors (Lipinski definition) is 3. The summed E-state index contributed by atoms with van der Waals surface area (Å²) in [6.45, 7) is 3.78. The summed E-state index contributed by atoms with van der Waals surface area (Å²) < 4.78 is 0. The molecule has 0 spiro atoms. The first kappa shape index (κ1) is 19.3. The van der Waals surface area contributed by atoms with Gasteiger partial charge in [-0.1, -0.05) is 32.0 Å². The van der Waals surface area contributed by atoms with E-state index in [9.17, 15) is 9.59 Å². The number of urea groups is 1. The van der Waals surface area contributed by atoms with Crippen molar-refractivity contribution in [1.82, 2.24) is 5.32 Å². The van der Waals surface area contributed by atoms with E-state index in [2.05, 4.69) is 16.0 Å². The molecule has 1 unspecified atom stereocenters. The molecular weight excluding hydrogens is 328 g/mol. The largest absolute Gasteiger partial charge is 0.378 e. The highest BCUT2D eigenvalue weighted by molar-refractivity contribution is 5.99. The molecule has 2 aromatic carbocycles. The number of rotatable bonds is 6. The van der Waals surface area contributed by atoms with Crippen molar-refractivity contribution in [2.24, 2.45) is 5.92 Å². The smallest absolute Gasteiger partial charge is 0.319 e. The lowest BCUT2D eigenvalue weighted by molar-refractivity contribution is -0.118. The van der Waals surface area contributed by atoms with E-state index in [-0.39, 0.29) is 11.8 Å². The molecule has 0 aliphatic heterocycles. The lowest BCUT2D eigenvalue weighted by Gasteiger charge is -2.22. The molecule has 3 N–H and O–H groups in total. The second kappa shape index (κ2) is 8.89. The first-order valence-corrected chi connectivity index (χ1v) is 8.57. The van der Waals surface area contributed by atoms with Gasteiger partial charge in [0.05, 0.1) is 0 Å². The molecule has 0 aliphatic rings. The molecule has 0 heterocycles. The highest BCUT2D eigenvalue weighted by atomic mass is 16.2. The Hall–Kier alpha value is -3.02. The van der Waals surface area contributed by atoms with Gasteiger partial charge in [-0.15, -0.1) is 0 Å². The molecule has 2 aromatic rings. The number of carbonyl (C=O) groups excluding carboxylic acids is 2. The SMILES string of the molecule is CC(C)C(NC(=O)Nc1ccccc1)C(=O)Nc1ccc(N(C)C)cc1. The van der Waals surface area contributed by atoms with Crippen LogP contribution < -0.4 is 20.9 Å². The van der Waals surface area contributed by atoms with Gasteiger partial charge in [-0.3, -0.25) is 4.79 Å². The Morgan fingerprint density at radius 2 is 1.42 bits per heavy atom. The van der Waals surface area contributed by atoms with Gasteiger partial charge in [-0.2, -0.15) is 0 Å². The second-order valence-electron chi connectivity index (χ2n) is 6.62. The second-order valence-corrected chi connectivity index (χ2v) is 6.62. The third-order valence-electron chi connectivity index (χ3n) is 3.92. The molecule has 0 saturated carbocycles. The number of nitrogens with zero attached hydrogens (tertiary/aromatic N) is 1. The number of benzene rings is 2. The van der Waals surface area contributed by atoms with Crippen molar-refractivity contribution in [3.63, 3.8) is 0 Å². The zero-order valence-electron chi connectivity index (χ0n) is 15.6. The molecular formula is C20H26N4O2. The van der Waals surface area contributed by atoms with Crippen molar-refractivity contribution in [1.29, 1.82) is 0 Å². The van der Waals surface area contributed by atoms with Crippen LogP contribution in [0.1, 0.15) is 13.8 Å². The molecule has 2 rings (SSSR count). The van der Waals surface area contributed by atoms with Crippen molar-refractivity contribution < 1.29 is 9.59 Å². The van der Waals surface area contributed by atoms with E-state index in [0.29, 0.717) is 11.4 Å². The number of anilines is 3. The van der Waals surface area contributed by atoms with E-state index in [0.717, 1.165) is 5.69 Å². The predicted molar refractivity (Wildman–Crippen MR) is 107 cm³/mol. The van der Waals surface area contributed by atoms with Crippen LogP contribution in [0.5, 0.6) is 0 Å². The summed E-state index contributed by atoms with van der Waals surface area (Å²) in [7, 11) is 3.91. The average Bonchev–Trinajstić information content (AvgIpc) is 2.60. The highest BCUT2D eigenvalue weighted by Gasteiger charge is 2.24. The number of nitrogens with one attached hydrogen (secondary N) is 3. The van der Waals surface area contributed by atoms with Crippen molar-refractivity contribution in [2.45, 2.75) is 19.9 Å². The predicted octanol–water partition coefficient (Wildman–Crippen LogP) is 3.54. The minimum absolute atomic E-state index is 0.0578. The molecule has 26 heavy (non-hydrogen) atoms. The van der Waals surface area contributed by atoms with Gasteiger partial charge in [-0.05, 0) is 42.3 Å². The Morgan fingerprint density at radius 3 is 1.96 bits per heavy atom. The monoisotopic (exact) mass is 354 g/mol. The number of carbonyl (C=O) groups is 2. The van der Waals surface area contributed by atoms with Gasteiger partial charge in [0.1, 0.15) is 6.04 Å². The van der Waals surface area contributed by atoms with Crippen LogP contribution in [0, 0.1) is 5.92 Å². The fraction of sp³-hybridized carbons (Fsp3) is 0.300. The van der Waals surface area contributed by atoms with Crippen LogP contribution >= 0.6 is 0 Å². The first-order valence-electron chi connectivity index (χ1n) is 8.57. The molecule has 0 aliphatic carbocycles. The maximum Gasteiger partial charge on any atom is 0.319 e. The minimum Gasteiger partial charge on any atom is -0.378 e. The van der Waals surface area contributed by atoms with Crippen LogP contribution in [0.4, 0.5) is 21.9 Å². The normalized spacial score (nSPS) is 11.6. The zero-order valence-corrected chi connectivity index (χ0v) is 15.6. The topological polar surface area (TPSA) is 73.5 Å². The van der Waals surface area contributed by atoms with Crippen LogP contribution in [0.25, 0.3) is 0 Å². The summed E-state index contributed by atoms with van der Waals surface area (Å²) in [6.07, 6.45) is 0. The lowest BCUT2D eigenvalue weighted by atomic mass is 10.0.